The highest BCUT2D eigenvalue weighted by Gasteiger charge is 2.25. The van der Waals surface area contributed by atoms with Gasteiger partial charge in [-0.15, -0.1) is 0 Å². The van der Waals surface area contributed by atoms with E-state index in [1.54, 1.807) is 6.92 Å². The van der Waals surface area contributed by atoms with Crippen LogP contribution in [0.4, 0.5) is 15.8 Å². The molecule has 0 unspecified atom stereocenters. The molecule has 0 saturated carbocycles. The number of nitrogens with zero attached hydrogens (tertiary/aromatic N) is 1. The largest absolute Gasteiger partial charge is 0.495 e. The smallest absolute Gasteiger partial charge is 0.264 e. The summed E-state index contributed by atoms with van der Waals surface area (Å²) in [7, 11) is -2.49. The topological polar surface area (TPSA) is 75.7 Å². The maximum absolute atomic E-state index is 13.1. The summed E-state index contributed by atoms with van der Waals surface area (Å²) in [6.07, 6.45) is 0. The van der Waals surface area contributed by atoms with Crippen LogP contribution in [0.25, 0.3) is 0 Å². The van der Waals surface area contributed by atoms with Crippen LogP contribution in [0.5, 0.6) is 5.75 Å². The fraction of sp³-hybridized carbons (Fsp3) is 0.235. The number of carbonyl (C=O) groups is 1. The number of rotatable bonds is 6. The van der Waals surface area contributed by atoms with Gasteiger partial charge in [0.15, 0.2) is 0 Å². The highest BCUT2D eigenvalue weighted by molar-refractivity contribution is 7.92. The van der Waals surface area contributed by atoms with Crippen molar-refractivity contribution in [2.45, 2.75) is 18.7 Å². The zero-order chi connectivity index (χ0) is 18.6. The van der Waals surface area contributed by atoms with Gasteiger partial charge in [-0.25, -0.2) is 12.8 Å². The monoisotopic (exact) mass is 366 g/mol. The second-order valence-corrected chi connectivity index (χ2v) is 7.05. The summed E-state index contributed by atoms with van der Waals surface area (Å²) < 4.78 is 45.3. The van der Waals surface area contributed by atoms with Crippen LogP contribution >= 0.6 is 0 Å². The van der Waals surface area contributed by atoms with Gasteiger partial charge in [-0.2, -0.15) is 0 Å². The Hall–Kier alpha value is -2.61. The molecule has 25 heavy (non-hydrogen) atoms. The maximum Gasteiger partial charge on any atom is 0.264 e. The van der Waals surface area contributed by atoms with Crippen molar-refractivity contribution in [2.24, 2.45) is 0 Å². The van der Waals surface area contributed by atoms with Crippen molar-refractivity contribution in [3.8, 4) is 5.75 Å². The molecule has 0 bridgehead atoms. The first kappa shape index (κ1) is 18.7. The maximum atomic E-state index is 13.1. The molecule has 0 aromatic heterocycles. The van der Waals surface area contributed by atoms with Crippen LogP contribution in [0.15, 0.2) is 47.4 Å². The van der Waals surface area contributed by atoms with Crippen LogP contribution in [0.2, 0.25) is 0 Å². The van der Waals surface area contributed by atoms with Crippen molar-refractivity contribution in [3.63, 3.8) is 0 Å². The number of anilines is 2. The van der Waals surface area contributed by atoms with Crippen molar-refractivity contribution >= 4 is 27.3 Å². The minimum Gasteiger partial charge on any atom is -0.495 e. The third-order valence-electron chi connectivity index (χ3n) is 3.47. The molecule has 8 heteroatoms. The minimum atomic E-state index is -3.88. The van der Waals surface area contributed by atoms with E-state index in [0.717, 1.165) is 0 Å². The number of hydrogen-bond donors (Lipinski definition) is 1. The molecule has 2 aromatic carbocycles. The van der Waals surface area contributed by atoms with Gasteiger partial charge in [-0.05, 0) is 43.3 Å². The summed E-state index contributed by atoms with van der Waals surface area (Å²) in [5.41, 5.74) is 0.729. The van der Waals surface area contributed by atoms with Gasteiger partial charge in [0.25, 0.3) is 10.0 Å². The lowest BCUT2D eigenvalue weighted by molar-refractivity contribution is -0.114. The van der Waals surface area contributed by atoms with Gasteiger partial charge in [-0.3, -0.25) is 9.10 Å². The van der Waals surface area contributed by atoms with E-state index in [4.69, 9.17) is 4.74 Å². The summed E-state index contributed by atoms with van der Waals surface area (Å²) in [4.78, 5) is 11.2. The van der Waals surface area contributed by atoms with Gasteiger partial charge >= 0.3 is 0 Å². The molecule has 0 aliphatic carbocycles. The summed E-state index contributed by atoms with van der Waals surface area (Å²) >= 11 is 0. The number of nitrogens with one attached hydrogen (secondary N) is 1. The number of methoxy groups -OCH3 is 1. The fourth-order valence-electron chi connectivity index (χ4n) is 2.35. The van der Waals surface area contributed by atoms with Crippen molar-refractivity contribution < 1.29 is 22.3 Å². The average Bonchev–Trinajstić information content (AvgIpc) is 2.56. The van der Waals surface area contributed by atoms with Crippen molar-refractivity contribution in [2.75, 3.05) is 23.3 Å². The molecule has 2 rings (SSSR count). The summed E-state index contributed by atoms with van der Waals surface area (Å²) in [6, 6.07) is 9.40. The zero-order valence-corrected chi connectivity index (χ0v) is 14.9. The van der Waals surface area contributed by atoms with Crippen LogP contribution < -0.4 is 14.4 Å². The highest BCUT2D eigenvalue weighted by Crippen LogP contribution is 2.30. The van der Waals surface area contributed by atoms with Crippen LogP contribution in [0.1, 0.15) is 13.8 Å². The Labute approximate surface area is 146 Å². The molecule has 134 valence electrons. The van der Waals surface area contributed by atoms with Crippen LogP contribution in [-0.2, 0) is 14.8 Å². The fourth-order valence-corrected chi connectivity index (χ4v) is 3.84. The molecule has 0 heterocycles. The lowest BCUT2D eigenvalue weighted by Gasteiger charge is -2.23. The van der Waals surface area contributed by atoms with E-state index in [0.29, 0.717) is 11.4 Å². The van der Waals surface area contributed by atoms with E-state index >= 15 is 0 Å². The zero-order valence-electron chi connectivity index (χ0n) is 14.1. The molecule has 2 aromatic rings. The molecule has 0 aliphatic rings. The van der Waals surface area contributed by atoms with Crippen LogP contribution in [-0.4, -0.2) is 28.0 Å². The van der Waals surface area contributed by atoms with E-state index < -0.39 is 15.8 Å². The van der Waals surface area contributed by atoms with E-state index in [-0.39, 0.29) is 23.1 Å². The SMILES string of the molecule is CCN(c1ccc(F)cc1)S(=O)(=O)c1ccc(NC(C)=O)c(OC)c1. The Balaban J connectivity index is 2.46. The molecule has 0 atom stereocenters. The second kappa shape index (κ2) is 7.52. The standard InChI is InChI=1S/C17H19FN2O4S/c1-4-20(14-7-5-13(18)6-8-14)25(22,23)15-9-10-16(19-12(2)21)17(11-15)24-3/h5-11H,4H2,1-3H3,(H,19,21). The Bertz CT molecular complexity index is 867. The first-order chi connectivity index (χ1) is 11.8. The molecular weight excluding hydrogens is 347 g/mol. The Morgan fingerprint density at radius 3 is 2.36 bits per heavy atom. The number of halogens is 1. The molecule has 0 aliphatic heterocycles. The lowest BCUT2D eigenvalue weighted by Crippen LogP contribution is -2.30. The van der Waals surface area contributed by atoms with Gasteiger partial charge in [0, 0.05) is 19.5 Å². The Kier molecular flexibility index (Phi) is 5.63. The molecular formula is C17H19FN2O4S. The van der Waals surface area contributed by atoms with Gasteiger partial charge in [0.1, 0.15) is 11.6 Å². The van der Waals surface area contributed by atoms with Crippen molar-refractivity contribution in [1.29, 1.82) is 0 Å². The number of hydrogen-bond acceptors (Lipinski definition) is 4. The lowest BCUT2D eigenvalue weighted by atomic mass is 10.3. The third-order valence-corrected chi connectivity index (χ3v) is 5.37. The van der Waals surface area contributed by atoms with Crippen LogP contribution in [0, 0.1) is 5.82 Å². The molecule has 0 radical (unpaired) electrons. The van der Waals surface area contributed by atoms with Crippen molar-refractivity contribution in [1.82, 2.24) is 0 Å². The summed E-state index contributed by atoms with van der Waals surface area (Å²) in [5, 5.41) is 2.57. The first-order valence-electron chi connectivity index (χ1n) is 7.53. The second-order valence-electron chi connectivity index (χ2n) is 5.19. The molecule has 1 N–H and O–H groups in total. The van der Waals surface area contributed by atoms with Gasteiger partial charge < -0.3 is 10.1 Å². The number of ether oxygens (including phenoxy) is 1. The number of carbonyl (C=O) groups excluding carboxylic acids is 1. The molecule has 1 amide bonds. The Morgan fingerprint density at radius 2 is 1.84 bits per heavy atom. The summed E-state index contributed by atoms with van der Waals surface area (Å²) in [5.74, 6) is -0.514. The van der Waals surface area contributed by atoms with Crippen LogP contribution in [0.3, 0.4) is 0 Å². The Morgan fingerprint density at radius 1 is 1.20 bits per heavy atom. The molecule has 0 fully saturated rings. The third kappa shape index (κ3) is 4.08. The van der Waals surface area contributed by atoms with Gasteiger partial charge in [-0.1, -0.05) is 0 Å². The summed E-state index contributed by atoms with van der Waals surface area (Å²) in [6.45, 7) is 3.20. The number of sulfonamides is 1. The van der Waals surface area contributed by atoms with Gasteiger partial charge in [0.2, 0.25) is 5.91 Å². The number of amides is 1. The number of benzene rings is 2. The highest BCUT2D eigenvalue weighted by atomic mass is 32.2. The normalized spacial score (nSPS) is 11.0. The molecule has 0 spiro atoms. The predicted molar refractivity (Wildman–Crippen MR) is 93.9 cm³/mol. The average molecular weight is 366 g/mol. The predicted octanol–water partition coefficient (Wildman–Crippen LogP) is 3.01. The quantitative estimate of drug-likeness (QED) is 0.853. The van der Waals surface area contributed by atoms with E-state index in [1.807, 2.05) is 0 Å². The van der Waals surface area contributed by atoms with E-state index in [2.05, 4.69) is 5.32 Å². The molecule has 6 nitrogen and oxygen atoms in total. The first-order valence-corrected chi connectivity index (χ1v) is 8.97. The minimum absolute atomic E-state index is 0.00428. The van der Waals surface area contributed by atoms with E-state index in [1.165, 1.54) is 60.8 Å². The van der Waals surface area contributed by atoms with Crippen molar-refractivity contribution in [3.05, 3.63) is 48.3 Å². The van der Waals surface area contributed by atoms with Gasteiger partial charge in [0.05, 0.1) is 23.4 Å². The molecule has 0 saturated heterocycles. The van der Waals surface area contributed by atoms with E-state index in [9.17, 15) is 17.6 Å².